The summed E-state index contributed by atoms with van der Waals surface area (Å²) in [5.41, 5.74) is 2.99. The molecule has 0 aliphatic carbocycles. The quantitative estimate of drug-likeness (QED) is 0.0546. The molecular formula is C35H48N2O6P+. The van der Waals surface area contributed by atoms with Gasteiger partial charge >= 0.3 is 7.82 Å². The number of hydrogen-bond acceptors (Lipinski definition) is 5. The molecule has 2 N–H and O–H groups in total. The molecule has 0 amide bonds. The molecule has 0 saturated heterocycles. The molecule has 0 fully saturated rings. The van der Waals surface area contributed by atoms with Crippen LogP contribution in [0.1, 0.15) is 89.5 Å². The number of nitrogens with zero attached hydrogens (tertiary/aromatic N) is 1. The van der Waals surface area contributed by atoms with Crippen LogP contribution in [-0.2, 0) is 11.1 Å². The van der Waals surface area contributed by atoms with Gasteiger partial charge in [-0.25, -0.2) is 14.1 Å². The van der Waals surface area contributed by atoms with Crippen LogP contribution in [0.4, 0.5) is 0 Å². The largest absolute Gasteiger partial charge is 0.585 e. The van der Waals surface area contributed by atoms with Crippen molar-refractivity contribution in [3.8, 4) is 23.0 Å². The van der Waals surface area contributed by atoms with E-state index in [1.165, 1.54) is 71.3 Å². The minimum absolute atomic E-state index is 0.0797. The van der Waals surface area contributed by atoms with Crippen LogP contribution in [0.3, 0.4) is 0 Å². The lowest BCUT2D eigenvalue weighted by atomic mass is 10.1. The first kappa shape index (κ1) is 33.4. The zero-order valence-electron chi connectivity index (χ0n) is 26.2. The number of H-pyrrole nitrogens is 1. The van der Waals surface area contributed by atoms with E-state index in [1.54, 1.807) is 36.4 Å². The molecule has 0 radical (unpaired) electrons. The fourth-order valence-corrected chi connectivity index (χ4v) is 6.18. The van der Waals surface area contributed by atoms with Gasteiger partial charge in [-0.1, -0.05) is 108 Å². The van der Waals surface area contributed by atoms with E-state index in [-0.39, 0.29) is 17.2 Å². The number of nitrogens with one attached hydrogen (secondary N) is 1. The van der Waals surface area contributed by atoms with Gasteiger partial charge in [-0.2, -0.15) is 0 Å². The monoisotopic (exact) mass is 623 g/mol. The number of imidazole rings is 1. The highest BCUT2D eigenvalue weighted by molar-refractivity contribution is 7.48. The molecule has 4 rings (SSSR count). The van der Waals surface area contributed by atoms with E-state index in [0.29, 0.717) is 18.9 Å². The standard InChI is InChI=1S/C35H47N2O6P/c1-3-4-5-6-7-8-9-10-11-12-13-16-25-41-33-23-18-24-34(35(33)40-2)43-44(38,39)42-30-20-17-19-29(26-30)27-37-28-36-31-21-14-15-22-32(31)37/h14-15,17-24,26,28H,3-13,16,25,27H2,1-2H3,(H,38,39)/p+1. The number of fused-ring (bicyclic) bond motifs is 1. The van der Waals surface area contributed by atoms with Crippen LogP contribution >= 0.6 is 7.82 Å². The summed E-state index contributed by atoms with van der Waals surface area (Å²) < 4.78 is 37.5. The lowest BCUT2D eigenvalue weighted by Crippen LogP contribution is -2.32. The first-order chi connectivity index (χ1) is 21.5. The van der Waals surface area contributed by atoms with Crippen LogP contribution in [0.2, 0.25) is 0 Å². The summed E-state index contributed by atoms with van der Waals surface area (Å²) >= 11 is 0. The fraction of sp³-hybridized carbons (Fsp3) is 0.457. The van der Waals surface area contributed by atoms with Crippen molar-refractivity contribution in [1.82, 2.24) is 4.98 Å². The molecule has 4 aromatic rings. The Morgan fingerprint density at radius 1 is 0.773 bits per heavy atom. The number of phosphoric ester groups is 1. The second-order valence-electron chi connectivity index (χ2n) is 11.2. The van der Waals surface area contributed by atoms with E-state index in [9.17, 15) is 9.46 Å². The summed E-state index contributed by atoms with van der Waals surface area (Å²) in [5.74, 6) is 1.03. The van der Waals surface area contributed by atoms with E-state index in [0.717, 1.165) is 29.4 Å². The zero-order valence-corrected chi connectivity index (χ0v) is 27.1. The lowest BCUT2D eigenvalue weighted by molar-refractivity contribution is -0.662. The maximum absolute atomic E-state index is 13.0. The predicted molar refractivity (Wildman–Crippen MR) is 175 cm³/mol. The maximum Gasteiger partial charge on any atom is 0.585 e. The van der Waals surface area contributed by atoms with E-state index in [4.69, 9.17) is 18.5 Å². The predicted octanol–water partition coefficient (Wildman–Crippen LogP) is 9.15. The lowest BCUT2D eigenvalue weighted by Gasteiger charge is -2.18. The average Bonchev–Trinajstić information content (AvgIpc) is 3.42. The topological polar surface area (TPSA) is 93.9 Å². The smallest absolute Gasteiger partial charge is 0.490 e. The second-order valence-corrected chi connectivity index (χ2v) is 12.5. The van der Waals surface area contributed by atoms with E-state index >= 15 is 0 Å². The molecule has 238 valence electrons. The Balaban J connectivity index is 1.23. The number of methoxy groups -OCH3 is 1. The molecule has 0 saturated carbocycles. The minimum Gasteiger partial charge on any atom is -0.490 e. The van der Waals surface area contributed by atoms with Crippen LogP contribution in [0.15, 0.2) is 73.1 Å². The molecule has 3 aromatic carbocycles. The Bertz CT molecular complexity index is 1470. The number of unbranched alkanes of at least 4 members (excludes halogenated alkanes) is 11. The van der Waals surface area contributed by atoms with Crippen molar-refractivity contribution < 1.29 is 32.5 Å². The van der Waals surface area contributed by atoms with Gasteiger partial charge < -0.3 is 18.5 Å². The van der Waals surface area contributed by atoms with Crippen molar-refractivity contribution in [1.29, 1.82) is 0 Å². The van der Waals surface area contributed by atoms with Gasteiger partial charge in [0.05, 0.1) is 13.7 Å². The second kappa shape index (κ2) is 17.7. The van der Waals surface area contributed by atoms with Gasteiger partial charge in [-0.3, -0.25) is 4.89 Å². The van der Waals surface area contributed by atoms with Crippen molar-refractivity contribution in [2.45, 2.75) is 90.5 Å². The third-order valence-electron chi connectivity index (χ3n) is 7.68. The number of rotatable bonds is 21. The number of ether oxygens (including phenoxy) is 2. The van der Waals surface area contributed by atoms with Gasteiger partial charge in [0.15, 0.2) is 22.5 Å². The zero-order chi connectivity index (χ0) is 31.0. The number of aromatic nitrogens is 2. The van der Waals surface area contributed by atoms with E-state index in [1.807, 2.05) is 36.7 Å². The summed E-state index contributed by atoms with van der Waals surface area (Å²) in [5, 5.41) is 0. The van der Waals surface area contributed by atoms with Gasteiger partial charge in [-0.05, 0) is 48.4 Å². The van der Waals surface area contributed by atoms with Crippen LogP contribution < -0.4 is 23.1 Å². The first-order valence-corrected chi connectivity index (χ1v) is 17.5. The summed E-state index contributed by atoms with van der Waals surface area (Å²) in [6.45, 7) is 3.35. The molecule has 1 aromatic heterocycles. The summed E-state index contributed by atoms with van der Waals surface area (Å²) in [7, 11) is -3.05. The Hall–Kier alpha value is -3.48. The minimum atomic E-state index is -4.53. The van der Waals surface area contributed by atoms with Gasteiger partial charge in [0.2, 0.25) is 12.1 Å². The van der Waals surface area contributed by atoms with Gasteiger partial charge in [0.25, 0.3) is 0 Å². The Morgan fingerprint density at radius 2 is 1.43 bits per heavy atom. The van der Waals surface area contributed by atoms with Crippen molar-refractivity contribution >= 4 is 18.9 Å². The molecule has 0 bridgehead atoms. The van der Waals surface area contributed by atoms with Gasteiger partial charge in [0.1, 0.15) is 12.3 Å². The van der Waals surface area contributed by atoms with Gasteiger partial charge in [0, 0.05) is 0 Å². The van der Waals surface area contributed by atoms with Crippen molar-refractivity contribution in [3.05, 3.63) is 78.6 Å². The van der Waals surface area contributed by atoms with Gasteiger partial charge in [-0.15, -0.1) is 0 Å². The van der Waals surface area contributed by atoms with Crippen LogP contribution in [-0.4, -0.2) is 23.6 Å². The highest BCUT2D eigenvalue weighted by atomic mass is 31.2. The number of aromatic amines is 1. The normalized spacial score (nSPS) is 12.6. The number of para-hydroxylation sites is 3. The molecule has 0 spiro atoms. The highest BCUT2D eigenvalue weighted by Crippen LogP contribution is 2.49. The molecule has 0 aliphatic heterocycles. The third-order valence-corrected chi connectivity index (χ3v) is 8.55. The van der Waals surface area contributed by atoms with Crippen LogP contribution in [0, 0.1) is 0 Å². The molecule has 8 nitrogen and oxygen atoms in total. The highest BCUT2D eigenvalue weighted by Gasteiger charge is 2.28. The van der Waals surface area contributed by atoms with Crippen molar-refractivity contribution in [3.63, 3.8) is 0 Å². The van der Waals surface area contributed by atoms with Crippen molar-refractivity contribution in [2.24, 2.45) is 0 Å². The van der Waals surface area contributed by atoms with Crippen molar-refractivity contribution in [2.75, 3.05) is 13.7 Å². The molecule has 1 heterocycles. The third kappa shape index (κ3) is 10.6. The summed E-state index contributed by atoms with van der Waals surface area (Å²) in [4.78, 5) is 13.9. The fourth-order valence-electron chi connectivity index (χ4n) is 5.38. The number of benzene rings is 3. The summed E-state index contributed by atoms with van der Waals surface area (Å²) in [6, 6.07) is 20.1. The van der Waals surface area contributed by atoms with E-state index in [2.05, 4.69) is 16.5 Å². The van der Waals surface area contributed by atoms with Crippen LogP contribution in [0.5, 0.6) is 23.0 Å². The van der Waals surface area contributed by atoms with E-state index < -0.39 is 7.82 Å². The molecule has 0 aliphatic rings. The number of phosphoric acid groups is 1. The molecule has 44 heavy (non-hydrogen) atoms. The Labute approximate surface area is 262 Å². The maximum atomic E-state index is 13.0. The molecule has 9 heteroatoms. The summed E-state index contributed by atoms with van der Waals surface area (Å²) in [6.07, 6.45) is 17.2. The van der Waals surface area contributed by atoms with Crippen LogP contribution in [0.25, 0.3) is 11.0 Å². The molecule has 1 atom stereocenters. The first-order valence-electron chi connectivity index (χ1n) is 16.1. The average molecular weight is 624 g/mol. The molecule has 1 unspecified atom stereocenters. The number of hydrogen-bond donors (Lipinski definition) is 2. The SMILES string of the molecule is CCCCCCCCCCCCCCOc1cccc(OP(=O)(O)Oc2cccc(C[n+]3c[nH]c4ccccc43)c2)c1OC. The Morgan fingerprint density at radius 3 is 2.16 bits per heavy atom. The molecular weight excluding hydrogens is 575 g/mol. The Kier molecular flexibility index (Phi) is 13.5.